The number of carbonyl (C=O) groups excluding carboxylic acids is 2. The Morgan fingerprint density at radius 3 is 2.57 bits per heavy atom. The number of nitrogens with zero attached hydrogens (tertiary/aromatic N) is 3. The first-order chi connectivity index (χ1) is 16.6. The molecule has 0 bridgehead atoms. The van der Waals surface area contributed by atoms with Crippen LogP contribution in [0.4, 0.5) is 18.9 Å². The van der Waals surface area contributed by atoms with Crippen LogP contribution in [-0.4, -0.2) is 53.4 Å². The van der Waals surface area contributed by atoms with Gasteiger partial charge in [0.25, 0.3) is 0 Å². The summed E-state index contributed by atoms with van der Waals surface area (Å²) in [6.07, 6.45) is 0.130. The van der Waals surface area contributed by atoms with Crippen molar-refractivity contribution in [2.24, 2.45) is 0 Å². The van der Waals surface area contributed by atoms with Gasteiger partial charge in [-0.1, -0.05) is 18.5 Å². The molecule has 35 heavy (non-hydrogen) atoms. The highest BCUT2D eigenvalue weighted by Gasteiger charge is 2.36. The average molecular weight is 511 g/mol. The predicted octanol–water partition coefficient (Wildman–Crippen LogP) is 5.17. The summed E-state index contributed by atoms with van der Waals surface area (Å²) in [4.78, 5) is 32.3. The molecule has 1 saturated heterocycles. The van der Waals surface area contributed by atoms with E-state index >= 15 is 0 Å². The molecule has 1 atom stereocenters. The summed E-state index contributed by atoms with van der Waals surface area (Å²) >= 11 is 6.14. The second-order valence-corrected chi connectivity index (χ2v) is 9.86. The maximum Gasteiger partial charge on any atom is 0.433 e. The first kappa shape index (κ1) is 25.5. The molecule has 2 heterocycles. The van der Waals surface area contributed by atoms with Crippen LogP contribution in [0.25, 0.3) is 10.9 Å². The molecule has 4 rings (SSSR count). The monoisotopic (exact) mass is 510 g/mol. The zero-order chi connectivity index (χ0) is 25.3. The Morgan fingerprint density at radius 2 is 1.97 bits per heavy atom. The van der Waals surface area contributed by atoms with E-state index in [1.54, 1.807) is 18.0 Å². The summed E-state index contributed by atoms with van der Waals surface area (Å²) in [5.41, 5.74) is -0.248. The maximum atomic E-state index is 13.5. The number of nitrogens with one attached hydrogen (secondary N) is 1. The molecule has 0 radical (unpaired) electrons. The van der Waals surface area contributed by atoms with Gasteiger partial charge in [0, 0.05) is 48.2 Å². The van der Waals surface area contributed by atoms with E-state index in [0.29, 0.717) is 61.2 Å². The molecule has 2 aliphatic rings. The summed E-state index contributed by atoms with van der Waals surface area (Å²) in [5.74, 6) is -0.0932. The van der Waals surface area contributed by atoms with Gasteiger partial charge < -0.3 is 15.1 Å². The van der Waals surface area contributed by atoms with Crippen molar-refractivity contribution in [2.45, 2.75) is 76.2 Å². The third-order valence-electron chi connectivity index (χ3n) is 7.19. The summed E-state index contributed by atoms with van der Waals surface area (Å²) in [5, 5.41) is 4.11. The summed E-state index contributed by atoms with van der Waals surface area (Å²) in [6, 6.07) is 5.32. The predicted molar refractivity (Wildman–Crippen MR) is 129 cm³/mol. The maximum absolute atomic E-state index is 13.5. The van der Waals surface area contributed by atoms with E-state index in [9.17, 15) is 22.8 Å². The van der Waals surface area contributed by atoms with Crippen molar-refractivity contribution in [3.8, 4) is 0 Å². The molecule has 1 saturated carbocycles. The molecule has 1 aliphatic carbocycles. The highest BCUT2D eigenvalue weighted by molar-refractivity contribution is 6.31. The number of halogens is 4. The summed E-state index contributed by atoms with van der Waals surface area (Å²) < 4.78 is 40.5. The van der Waals surface area contributed by atoms with Gasteiger partial charge >= 0.3 is 6.18 Å². The van der Waals surface area contributed by atoms with Crippen LogP contribution in [0.15, 0.2) is 24.3 Å². The lowest BCUT2D eigenvalue weighted by molar-refractivity contribution is -0.141. The minimum atomic E-state index is -4.56. The van der Waals surface area contributed by atoms with E-state index in [2.05, 4.69) is 10.3 Å². The van der Waals surface area contributed by atoms with Gasteiger partial charge in [0.15, 0.2) is 0 Å². The van der Waals surface area contributed by atoms with Crippen LogP contribution in [0.3, 0.4) is 0 Å². The minimum Gasteiger partial charge on any atom is -0.371 e. The number of amides is 2. The van der Waals surface area contributed by atoms with Crippen molar-refractivity contribution >= 4 is 40.0 Å². The fourth-order valence-electron chi connectivity index (χ4n) is 5.26. The molecule has 2 aromatic rings. The molecular weight excluding hydrogens is 481 g/mol. The largest absolute Gasteiger partial charge is 0.433 e. The zero-order valence-electron chi connectivity index (χ0n) is 19.9. The Hall–Kier alpha value is -2.55. The molecule has 1 aromatic heterocycles. The van der Waals surface area contributed by atoms with Crippen LogP contribution in [0.2, 0.25) is 5.02 Å². The molecule has 0 spiro atoms. The molecular formula is C25H30ClF3N4O2. The van der Waals surface area contributed by atoms with Gasteiger partial charge in [0.05, 0.1) is 5.52 Å². The second-order valence-electron chi connectivity index (χ2n) is 9.43. The van der Waals surface area contributed by atoms with Crippen molar-refractivity contribution in [3.05, 3.63) is 35.0 Å². The van der Waals surface area contributed by atoms with Crippen LogP contribution in [0.5, 0.6) is 0 Å². The fraction of sp³-hybridized carbons (Fsp3) is 0.560. The number of hydrogen-bond donors (Lipinski definition) is 1. The van der Waals surface area contributed by atoms with Gasteiger partial charge in [-0.25, -0.2) is 4.98 Å². The topological polar surface area (TPSA) is 65.5 Å². The van der Waals surface area contributed by atoms with E-state index < -0.39 is 17.9 Å². The standard InChI is InChI=1S/C25H30ClF3N4O2/c1-3-20(33-12-4-5-23(33)34)24(35)30-16-7-9-17(10-8-16)32(2)21-14-22(25(27,28)29)31-19-11-6-15(26)13-18(19)21/h6,11,13-14,16-17,20H,3-5,7-10,12H2,1-2H3,(H,30,35)/t16-,17+,20-/m0/s1. The first-order valence-corrected chi connectivity index (χ1v) is 12.5. The molecule has 2 amide bonds. The lowest BCUT2D eigenvalue weighted by atomic mass is 9.89. The smallest absolute Gasteiger partial charge is 0.371 e. The number of pyridine rings is 1. The summed E-state index contributed by atoms with van der Waals surface area (Å²) in [6.45, 7) is 2.52. The van der Waals surface area contributed by atoms with Gasteiger partial charge in [-0.15, -0.1) is 0 Å². The molecule has 1 N–H and O–H groups in total. The summed E-state index contributed by atoms with van der Waals surface area (Å²) in [7, 11) is 1.80. The number of carbonyl (C=O) groups is 2. The zero-order valence-corrected chi connectivity index (χ0v) is 20.6. The van der Waals surface area contributed by atoms with E-state index in [1.165, 1.54) is 12.1 Å². The van der Waals surface area contributed by atoms with E-state index in [0.717, 1.165) is 12.5 Å². The van der Waals surface area contributed by atoms with Gasteiger partial charge in [-0.3, -0.25) is 9.59 Å². The van der Waals surface area contributed by atoms with Crippen molar-refractivity contribution in [2.75, 3.05) is 18.5 Å². The number of likely N-dealkylation sites (tertiary alicyclic amines) is 1. The van der Waals surface area contributed by atoms with Gasteiger partial charge in [0.1, 0.15) is 11.7 Å². The van der Waals surface area contributed by atoms with Crippen molar-refractivity contribution in [1.29, 1.82) is 0 Å². The minimum absolute atomic E-state index is 0.0101. The van der Waals surface area contributed by atoms with Gasteiger partial charge in [-0.05, 0) is 62.8 Å². The lowest BCUT2D eigenvalue weighted by Crippen LogP contribution is -2.51. The number of benzene rings is 1. The van der Waals surface area contributed by atoms with Crippen molar-refractivity contribution in [1.82, 2.24) is 15.2 Å². The number of fused-ring (bicyclic) bond motifs is 1. The highest BCUT2D eigenvalue weighted by atomic mass is 35.5. The lowest BCUT2D eigenvalue weighted by Gasteiger charge is -2.37. The van der Waals surface area contributed by atoms with Crippen molar-refractivity contribution < 1.29 is 22.8 Å². The molecule has 1 aromatic carbocycles. The molecule has 2 fully saturated rings. The SMILES string of the molecule is CC[C@@H](C(=O)N[C@H]1CC[C@@H](N(C)c2cc(C(F)(F)F)nc3ccc(Cl)cc23)CC1)N1CCCC1=O. The molecule has 1 aliphatic heterocycles. The first-order valence-electron chi connectivity index (χ1n) is 12.1. The second kappa shape index (κ2) is 10.2. The van der Waals surface area contributed by atoms with Crippen LogP contribution >= 0.6 is 11.6 Å². The van der Waals surface area contributed by atoms with E-state index in [1.807, 2.05) is 11.8 Å². The van der Waals surface area contributed by atoms with E-state index in [-0.39, 0.29) is 29.4 Å². The third-order valence-corrected chi connectivity index (χ3v) is 7.42. The van der Waals surface area contributed by atoms with Gasteiger partial charge in [0.2, 0.25) is 11.8 Å². The molecule has 10 heteroatoms. The Labute approximate surface area is 207 Å². The Kier molecular flexibility index (Phi) is 7.45. The van der Waals surface area contributed by atoms with E-state index in [4.69, 9.17) is 11.6 Å². The van der Waals surface area contributed by atoms with Crippen LogP contribution in [0, 0.1) is 0 Å². The van der Waals surface area contributed by atoms with Crippen molar-refractivity contribution in [3.63, 3.8) is 0 Å². The molecule has 190 valence electrons. The molecule has 6 nitrogen and oxygen atoms in total. The average Bonchev–Trinajstić information content (AvgIpc) is 3.23. The molecule has 0 unspecified atom stereocenters. The van der Waals surface area contributed by atoms with Crippen LogP contribution < -0.4 is 10.2 Å². The van der Waals surface area contributed by atoms with Gasteiger partial charge in [-0.2, -0.15) is 13.2 Å². The highest BCUT2D eigenvalue weighted by Crippen LogP contribution is 2.37. The Morgan fingerprint density at radius 1 is 1.26 bits per heavy atom. The Bertz CT molecular complexity index is 1100. The number of alkyl halides is 3. The quantitative estimate of drug-likeness (QED) is 0.582. The Balaban J connectivity index is 1.45. The fourth-order valence-corrected chi connectivity index (χ4v) is 5.44. The number of aromatic nitrogens is 1. The number of rotatable bonds is 6. The van der Waals surface area contributed by atoms with Crippen LogP contribution in [-0.2, 0) is 15.8 Å². The number of hydrogen-bond acceptors (Lipinski definition) is 4. The normalized spacial score (nSPS) is 21.9. The van der Waals surface area contributed by atoms with Crippen LogP contribution in [0.1, 0.15) is 57.6 Å². The third kappa shape index (κ3) is 5.50. The number of anilines is 1.